The van der Waals surface area contributed by atoms with Gasteiger partial charge < -0.3 is 28.5 Å². The number of aliphatic hydroxyl groups is 1. The van der Waals surface area contributed by atoms with Crippen LogP contribution in [0.2, 0.25) is 0 Å². The number of pyridine rings is 1. The highest BCUT2D eigenvalue weighted by Gasteiger charge is 2.30. The third kappa shape index (κ3) is 6.00. The lowest BCUT2D eigenvalue weighted by Crippen LogP contribution is -2.33. The summed E-state index contributed by atoms with van der Waals surface area (Å²) in [4.78, 5) is 30.0. The summed E-state index contributed by atoms with van der Waals surface area (Å²) in [6, 6.07) is 7.81. The standard InChI is InChI=1S/C29H39N3O6/c1-18-13-21(15-31(3)28(18)34)27-30-25-14-20(10-12-26(25)32(27)22(16-36-4)17-37-5)9-11-24(19(2)33)29(35)38-23-7-6-8-23/h10,12-15,19,22-24,33H,6-9,11,16-17H2,1-5H3/t19-,24+/m1/s1. The van der Waals surface area contributed by atoms with Crippen LogP contribution < -0.4 is 5.56 Å². The fraction of sp³-hybridized carbons (Fsp3) is 0.552. The van der Waals surface area contributed by atoms with E-state index in [0.29, 0.717) is 31.6 Å². The summed E-state index contributed by atoms with van der Waals surface area (Å²) in [6.07, 6.45) is 4.99. The van der Waals surface area contributed by atoms with Crippen molar-refractivity contribution in [3.63, 3.8) is 0 Å². The Morgan fingerprint density at radius 2 is 1.89 bits per heavy atom. The third-order valence-electron chi connectivity index (χ3n) is 7.42. The molecular weight excluding hydrogens is 486 g/mol. The van der Waals surface area contributed by atoms with Gasteiger partial charge in [-0.05, 0) is 69.7 Å². The van der Waals surface area contributed by atoms with Crippen LogP contribution in [0, 0.1) is 12.8 Å². The monoisotopic (exact) mass is 525 g/mol. The summed E-state index contributed by atoms with van der Waals surface area (Å²) in [5, 5.41) is 10.3. The number of nitrogens with zero attached hydrogens (tertiary/aromatic N) is 3. The van der Waals surface area contributed by atoms with Crippen LogP contribution in [0.5, 0.6) is 0 Å². The Balaban J connectivity index is 1.68. The molecule has 206 valence electrons. The number of benzene rings is 1. The first-order chi connectivity index (χ1) is 18.2. The maximum Gasteiger partial charge on any atom is 0.311 e. The van der Waals surface area contributed by atoms with Crippen molar-refractivity contribution in [1.29, 1.82) is 0 Å². The van der Waals surface area contributed by atoms with E-state index in [-0.39, 0.29) is 23.7 Å². The van der Waals surface area contributed by atoms with Crippen molar-refractivity contribution in [3.8, 4) is 11.4 Å². The zero-order valence-corrected chi connectivity index (χ0v) is 23.0. The highest BCUT2D eigenvalue weighted by Crippen LogP contribution is 2.31. The smallest absolute Gasteiger partial charge is 0.311 e. The van der Waals surface area contributed by atoms with E-state index in [1.54, 1.807) is 45.9 Å². The quantitative estimate of drug-likeness (QED) is 0.361. The number of rotatable bonds is 12. The largest absolute Gasteiger partial charge is 0.462 e. The van der Waals surface area contributed by atoms with Crippen molar-refractivity contribution in [2.45, 2.75) is 64.2 Å². The van der Waals surface area contributed by atoms with Crippen molar-refractivity contribution >= 4 is 17.0 Å². The Morgan fingerprint density at radius 3 is 2.47 bits per heavy atom. The average molecular weight is 526 g/mol. The first-order valence-electron chi connectivity index (χ1n) is 13.3. The van der Waals surface area contributed by atoms with Gasteiger partial charge in [0.25, 0.3) is 5.56 Å². The van der Waals surface area contributed by atoms with E-state index in [2.05, 4.69) is 4.57 Å². The lowest BCUT2D eigenvalue weighted by atomic mass is 9.93. The van der Waals surface area contributed by atoms with Crippen molar-refractivity contribution in [2.24, 2.45) is 13.0 Å². The lowest BCUT2D eigenvalue weighted by Gasteiger charge is -2.28. The molecule has 1 saturated carbocycles. The fourth-order valence-electron chi connectivity index (χ4n) is 5.07. The molecule has 2 heterocycles. The molecule has 0 saturated heterocycles. The summed E-state index contributed by atoms with van der Waals surface area (Å²) in [6.45, 7) is 4.30. The van der Waals surface area contributed by atoms with Crippen LogP contribution >= 0.6 is 0 Å². The summed E-state index contributed by atoms with van der Waals surface area (Å²) in [5.41, 5.74) is 4.15. The highest BCUT2D eigenvalue weighted by atomic mass is 16.5. The fourth-order valence-corrected chi connectivity index (χ4v) is 5.07. The normalized spacial score (nSPS) is 15.6. The van der Waals surface area contributed by atoms with E-state index in [1.807, 2.05) is 24.3 Å². The molecule has 38 heavy (non-hydrogen) atoms. The van der Waals surface area contributed by atoms with Gasteiger partial charge in [-0.15, -0.1) is 0 Å². The Morgan fingerprint density at radius 1 is 1.18 bits per heavy atom. The summed E-state index contributed by atoms with van der Waals surface area (Å²) in [7, 11) is 5.05. The van der Waals surface area contributed by atoms with Crippen LogP contribution in [0.3, 0.4) is 0 Å². The number of esters is 1. The van der Waals surface area contributed by atoms with Crippen LogP contribution in [0.4, 0.5) is 0 Å². The minimum atomic E-state index is -0.783. The number of hydrogen-bond acceptors (Lipinski definition) is 7. The lowest BCUT2D eigenvalue weighted by molar-refractivity contribution is -0.161. The zero-order chi connectivity index (χ0) is 27.4. The number of aryl methyl sites for hydroxylation is 3. The van der Waals surface area contributed by atoms with E-state index >= 15 is 0 Å². The zero-order valence-electron chi connectivity index (χ0n) is 23.0. The summed E-state index contributed by atoms with van der Waals surface area (Å²) < 4.78 is 20.3. The molecule has 9 heteroatoms. The Kier molecular flexibility index (Phi) is 9.02. The van der Waals surface area contributed by atoms with Gasteiger partial charge in [-0.1, -0.05) is 6.07 Å². The average Bonchev–Trinajstić information content (AvgIpc) is 3.23. The molecule has 0 radical (unpaired) electrons. The molecule has 4 rings (SSSR count). The first-order valence-corrected chi connectivity index (χ1v) is 13.3. The molecular formula is C29H39N3O6. The Hall–Kier alpha value is -3.01. The molecule has 0 unspecified atom stereocenters. The SMILES string of the molecule is COCC(COC)n1c(-c2cc(C)c(=O)n(C)c2)nc2cc(CC[C@H](C(=O)OC3CCC3)[C@@H](C)O)ccc21. The third-order valence-corrected chi connectivity index (χ3v) is 7.42. The number of imidazole rings is 1. The van der Waals surface area contributed by atoms with E-state index in [1.165, 1.54) is 0 Å². The van der Waals surface area contributed by atoms with Gasteiger partial charge in [0.05, 0.1) is 42.3 Å². The molecule has 1 aromatic carbocycles. The van der Waals surface area contributed by atoms with Crippen LogP contribution in [0.25, 0.3) is 22.4 Å². The molecule has 1 N–H and O–H groups in total. The maximum absolute atomic E-state index is 12.7. The number of aromatic nitrogens is 3. The molecule has 1 aliphatic carbocycles. The van der Waals surface area contributed by atoms with Crippen LogP contribution in [0.1, 0.15) is 49.8 Å². The molecule has 3 aromatic rings. The van der Waals surface area contributed by atoms with Gasteiger partial charge in [0.15, 0.2) is 0 Å². The van der Waals surface area contributed by atoms with E-state index in [9.17, 15) is 14.7 Å². The second kappa shape index (κ2) is 12.2. The molecule has 9 nitrogen and oxygen atoms in total. The second-order valence-corrected chi connectivity index (χ2v) is 10.4. The molecule has 0 amide bonds. The molecule has 0 bridgehead atoms. The first kappa shape index (κ1) is 28.0. The van der Waals surface area contributed by atoms with Gasteiger partial charge in [0.1, 0.15) is 11.9 Å². The van der Waals surface area contributed by atoms with Crippen molar-refractivity contribution in [3.05, 3.63) is 51.9 Å². The topological polar surface area (TPSA) is 105 Å². The van der Waals surface area contributed by atoms with Crippen LogP contribution in [-0.4, -0.2) is 64.8 Å². The van der Waals surface area contributed by atoms with Crippen molar-refractivity contribution < 1.29 is 24.1 Å². The van der Waals surface area contributed by atoms with E-state index < -0.39 is 12.0 Å². The number of aliphatic hydroxyl groups excluding tert-OH is 1. The van der Waals surface area contributed by atoms with E-state index in [0.717, 1.165) is 47.2 Å². The van der Waals surface area contributed by atoms with Gasteiger partial charge >= 0.3 is 5.97 Å². The number of fused-ring (bicyclic) bond motifs is 1. The van der Waals surface area contributed by atoms with Crippen molar-refractivity contribution in [2.75, 3.05) is 27.4 Å². The van der Waals surface area contributed by atoms with Gasteiger partial charge in [-0.3, -0.25) is 9.59 Å². The summed E-state index contributed by atoms with van der Waals surface area (Å²) in [5.74, 6) is -0.161. The van der Waals surface area contributed by atoms with Crippen LogP contribution in [0.15, 0.2) is 35.3 Å². The molecule has 2 atom stereocenters. The predicted molar refractivity (Wildman–Crippen MR) is 145 cm³/mol. The van der Waals surface area contributed by atoms with Gasteiger partial charge in [0, 0.05) is 38.6 Å². The molecule has 0 aliphatic heterocycles. The number of ether oxygens (including phenoxy) is 3. The Labute approximate surface area is 223 Å². The maximum atomic E-state index is 12.7. The van der Waals surface area contributed by atoms with Crippen LogP contribution in [-0.2, 0) is 32.5 Å². The van der Waals surface area contributed by atoms with E-state index in [4.69, 9.17) is 19.2 Å². The highest BCUT2D eigenvalue weighted by molar-refractivity contribution is 5.81. The minimum Gasteiger partial charge on any atom is -0.462 e. The predicted octanol–water partition coefficient (Wildman–Crippen LogP) is 3.57. The van der Waals surface area contributed by atoms with Gasteiger partial charge in [-0.25, -0.2) is 4.98 Å². The summed E-state index contributed by atoms with van der Waals surface area (Å²) >= 11 is 0. The van der Waals surface area contributed by atoms with Gasteiger partial charge in [-0.2, -0.15) is 0 Å². The number of hydrogen-bond donors (Lipinski definition) is 1. The number of carbonyl (C=O) groups is 1. The number of carbonyl (C=O) groups excluding carboxylic acids is 1. The van der Waals surface area contributed by atoms with Crippen molar-refractivity contribution in [1.82, 2.24) is 14.1 Å². The van der Waals surface area contributed by atoms with Gasteiger partial charge in [0.2, 0.25) is 0 Å². The molecule has 0 spiro atoms. The molecule has 1 fully saturated rings. The molecule has 1 aliphatic rings. The minimum absolute atomic E-state index is 0.00394. The number of methoxy groups -OCH3 is 2. The second-order valence-electron chi connectivity index (χ2n) is 10.4. The molecule has 2 aromatic heterocycles. The Bertz CT molecular complexity index is 1290.